The summed E-state index contributed by atoms with van der Waals surface area (Å²) >= 11 is 0. The van der Waals surface area contributed by atoms with Crippen molar-refractivity contribution in [3.8, 4) is 0 Å². The molecule has 1 aromatic heterocycles. The average molecular weight is 648 g/mol. The van der Waals surface area contributed by atoms with Crippen molar-refractivity contribution in [1.82, 2.24) is 35.5 Å². The zero-order valence-corrected chi connectivity index (χ0v) is 28.0. The molecule has 0 bridgehead atoms. The van der Waals surface area contributed by atoms with Gasteiger partial charge in [0, 0.05) is 57.3 Å². The highest BCUT2D eigenvalue weighted by molar-refractivity contribution is 5.95. The monoisotopic (exact) mass is 647 g/mol. The third-order valence-corrected chi connectivity index (χ3v) is 10.8. The van der Waals surface area contributed by atoms with E-state index in [0.717, 1.165) is 44.5 Å². The second kappa shape index (κ2) is 13.4. The Morgan fingerprint density at radius 3 is 2.38 bits per heavy atom. The van der Waals surface area contributed by atoms with Gasteiger partial charge in [0.1, 0.15) is 6.04 Å². The quantitative estimate of drug-likeness (QED) is 0.338. The SMILES string of the molecule is CNC(=O)[C@@H](NC(=O)[C@H]1CN(C(=O)c2cnn(CC3CCNCC3)c2)CC12CN(C(=O)[C@H]1CC1(C)C)C2)[C@@H](C)OCc1ccccc1. The maximum absolute atomic E-state index is 14.1. The van der Waals surface area contributed by atoms with E-state index in [2.05, 4.69) is 34.9 Å². The van der Waals surface area contributed by atoms with Crippen LogP contribution >= 0.6 is 0 Å². The molecular weight excluding hydrogens is 598 g/mol. The van der Waals surface area contributed by atoms with E-state index in [1.807, 2.05) is 46.1 Å². The summed E-state index contributed by atoms with van der Waals surface area (Å²) < 4.78 is 7.89. The van der Waals surface area contributed by atoms with Gasteiger partial charge in [0.05, 0.1) is 30.4 Å². The lowest BCUT2D eigenvalue weighted by atomic mass is 9.70. The fourth-order valence-electron chi connectivity index (χ4n) is 7.57. The lowest BCUT2D eigenvalue weighted by Gasteiger charge is -2.50. The van der Waals surface area contributed by atoms with Crippen LogP contribution in [0, 0.1) is 28.6 Å². The van der Waals surface area contributed by atoms with E-state index < -0.39 is 23.5 Å². The van der Waals surface area contributed by atoms with E-state index in [-0.39, 0.29) is 41.5 Å². The molecule has 254 valence electrons. The number of ether oxygens (including phenoxy) is 1. The Balaban J connectivity index is 1.16. The summed E-state index contributed by atoms with van der Waals surface area (Å²) in [6.07, 6.45) is 5.83. The van der Waals surface area contributed by atoms with Gasteiger partial charge in [-0.3, -0.25) is 23.9 Å². The smallest absolute Gasteiger partial charge is 0.257 e. The van der Waals surface area contributed by atoms with E-state index in [1.165, 1.54) is 7.05 Å². The van der Waals surface area contributed by atoms with E-state index in [0.29, 0.717) is 37.7 Å². The first-order valence-corrected chi connectivity index (χ1v) is 17.0. The molecule has 12 nitrogen and oxygen atoms in total. The summed E-state index contributed by atoms with van der Waals surface area (Å²) in [5, 5.41) is 13.5. The third-order valence-electron chi connectivity index (χ3n) is 10.8. The van der Waals surface area contributed by atoms with Crippen LogP contribution < -0.4 is 16.0 Å². The number of carbonyl (C=O) groups is 4. The molecule has 6 rings (SSSR count). The summed E-state index contributed by atoms with van der Waals surface area (Å²) in [7, 11) is 1.53. The summed E-state index contributed by atoms with van der Waals surface area (Å²) in [4.78, 5) is 57.8. The number of likely N-dealkylation sites (N-methyl/N-ethyl adjacent to an activating group) is 1. The molecule has 1 aliphatic carbocycles. The largest absolute Gasteiger partial charge is 0.371 e. The van der Waals surface area contributed by atoms with E-state index in [4.69, 9.17) is 4.74 Å². The summed E-state index contributed by atoms with van der Waals surface area (Å²) in [6.45, 7) is 10.4. The Kier molecular flexibility index (Phi) is 9.44. The van der Waals surface area contributed by atoms with Gasteiger partial charge < -0.3 is 30.5 Å². The molecular formula is C35H49N7O5. The third kappa shape index (κ3) is 7.08. The molecule has 47 heavy (non-hydrogen) atoms. The number of piperidine rings is 1. The number of hydrogen-bond acceptors (Lipinski definition) is 7. The number of likely N-dealkylation sites (tertiary alicyclic amines) is 2. The minimum absolute atomic E-state index is 0.000785. The number of carbonyl (C=O) groups excluding carboxylic acids is 4. The topological polar surface area (TPSA) is 138 Å². The van der Waals surface area contributed by atoms with Crippen LogP contribution in [0.1, 0.15) is 56.0 Å². The van der Waals surface area contributed by atoms with Crippen LogP contribution in [0.15, 0.2) is 42.7 Å². The van der Waals surface area contributed by atoms with Crippen LogP contribution in [0.5, 0.6) is 0 Å². The number of nitrogens with one attached hydrogen (secondary N) is 3. The molecule has 1 saturated carbocycles. The molecule has 2 aromatic rings. The van der Waals surface area contributed by atoms with Gasteiger partial charge in [0.25, 0.3) is 5.91 Å². The van der Waals surface area contributed by atoms with Crippen LogP contribution in [-0.2, 0) is 32.3 Å². The van der Waals surface area contributed by atoms with Crippen molar-refractivity contribution >= 4 is 23.6 Å². The molecule has 4 heterocycles. The number of amides is 4. The first kappa shape index (κ1) is 33.1. The van der Waals surface area contributed by atoms with Crippen molar-refractivity contribution in [2.24, 2.45) is 28.6 Å². The first-order valence-electron chi connectivity index (χ1n) is 17.0. The molecule has 3 saturated heterocycles. The lowest BCUT2D eigenvalue weighted by molar-refractivity contribution is -0.152. The molecule has 0 unspecified atom stereocenters. The van der Waals surface area contributed by atoms with Gasteiger partial charge in [-0.05, 0) is 56.2 Å². The van der Waals surface area contributed by atoms with Crippen molar-refractivity contribution in [3.63, 3.8) is 0 Å². The Labute approximate surface area is 276 Å². The molecule has 1 spiro atoms. The Morgan fingerprint density at radius 2 is 1.72 bits per heavy atom. The first-order chi connectivity index (χ1) is 22.5. The molecule has 0 radical (unpaired) electrons. The molecule has 3 N–H and O–H groups in total. The van der Waals surface area contributed by atoms with Gasteiger partial charge >= 0.3 is 0 Å². The van der Waals surface area contributed by atoms with Crippen LogP contribution in [-0.4, -0.2) is 102 Å². The summed E-state index contributed by atoms with van der Waals surface area (Å²) in [6, 6.07) is 8.72. The zero-order valence-electron chi connectivity index (χ0n) is 28.0. The van der Waals surface area contributed by atoms with Crippen LogP contribution in [0.3, 0.4) is 0 Å². The molecule has 4 amide bonds. The second-order valence-electron chi connectivity index (χ2n) is 14.8. The van der Waals surface area contributed by atoms with Crippen LogP contribution in [0.4, 0.5) is 0 Å². The maximum Gasteiger partial charge on any atom is 0.257 e. The molecule has 3 aliphatic heterocycles. The standard InChI is InChI=1S/C35H49N7O5/c1-23(47-19-25-8-6-5-7-9-25)29(31(44)36-4)39-30(43)28-18-40(20-35(28)21-41(22-35)33(46)27-14-34(27,2)3)32(45)26-15-38-42(17-26)16-24-10-12-37-13-11-24/h5-9,15,17,23-24,27-29,37H,10-14,16,18-22H2,1-4H3,(H,36,44)(H,39,43)/t23-,27-,28-,29+/m1/s1. The van der Waals surface area contributed by atoms with Crippen molar-refractivity contribution in [3.05, 3.63) is 53.9 Å². The van der Waals surface area contributed by atoms with Crippen LogP contribution in [0.2, 0.25) is 0 Å². The predicted octanol–water partition coefficient (Wildman–Crippen LogP) is 1.67. The number of aromatic nitrogens is 2. The minimum Gasteiger partial charge on any atom is -0.371 e. The molecule has 4 aliphatic rings. The minimum atomic E-state index is -0.934. The highest BCUT2D eigenvalue weighted by Crippen LogP contribution is 2.54. The maximum atomic E-state index is 14.1. The number of nitrogens with zero attached hydrogens (tertiary/aromatic N) is 4. The Hall–Kier alpha value is -3.77. The number of benzene rings is 1. The second-order valence-corrected chi connectivity index (χ2v) is 14.8. The van der Waals surface area contributed by atoms with Crippen LogP contribution in [0.25, 0.3) is 0 Å². The lowest BCUT2D eigenvalue weighted by Crippen LogP contribution is -2.65. The van der Waals surface area contributed by atoms with Gasteiger partial charge in [-0.2, -0.15) is 5.10 Å². The predicted molar refractivity (Wildman–Crippen MR) is 175 cm³/mol. The van der Waals surface area contributed by atoms with Crippen molar-refractivity contribution < 1.29 is 23.9 Å². The van der Waals surface area contributed by atoms with Crippen molar-refractivity contribution in [2.45, 2.75) is 65.3 Å². The fourth-order valence-corrected chi connectivity index (χ4v) is 7.57. The highest BCUT2D eigenvalue weighted by atomic mass is 16.5. The summed E-state index contributed by atoms with van der Waals surface area (Å²) in [5.74, 6) is -0.810. The Bertz CT molecular complexity index is 1460. The van der Waals surface area contributed by atoms with E-state index in [9.17, 15) is 19.2 Å². The number of rotatable bonds is 11. The van der Waals surface area contributed by atoms with Gasteiger partial charge in [0.2, 0.25) is 17.7 Å². The molecule has 4 atom stereocenters. The van der Waals surface area contributed by atoms with Crippen molar-refractivity contribution in [1.29, 1.82) is 0 Å². The zero-order chi connectivity index (χ0) is 33.3. The highest BCUT2D eigenvalue weighted by Gasteiger charge is 2.62. The fraction of sp³-hybridized carbons (Fsp3) is 0.629. The normalized spacial score (nSPS) is 24.3. The number of hydrogen-bond donors (Lipinski definition) is 3. The van der Waals surface area contributed by atoms with Gasteiger partial charge in [-0.1, -0.05) is 44.2 Å². The average Bonchev–Trinajstić information content (AvgIpc) is 3.37. The van der Waals surface area contributed by atoms with E-state index >= 15 is 0 Å². The van der Waals surface area contributed by atoms with Gasteiger partial charge in [0.15, 0.2) is 0 Å². The molecule has 4 fully saturated rings. The van der Waals surface area contributed by atoms with Crippen molar-refractivity contribution in [2.75, 3.05) is 46.3 Å². The van der Waals surface area contributed by atoms with E-state index in [1.54, 1.807) is 18.0 Å². The summed E-state index contributed by atoms with van der Waals surface area (Å²) in [5.41, 5.74) is 0.857. The van der Waals surface area contributed by atoms with Gasteiger partial charge in [-0.25, -0.2) is 0 Å². The van der Waals surface area contributed by atoms with Gasteiger partial charge in [-0.15, -0.1) is 0 Å². The molecule has 1 aromatic carbocycles. The Morgan fingerprint density at radius 1 is 1.04 bits per heavy atom. The molecule has 12 heteroatoms.